The normalized spacial score (nSPS) is 14.6. The monoisotopic (exact) mass is 248 g/mol. The van der Waals surface area contributed by atoms with Crippen LogP contribution in [0.5, 0.6) is 11.5 Å². The van der Waals surface area contributed by atoms with Gasteiger partial charge in [0.2, 0.25) is 12.7 Å². The van der Waals surface area contributed by atoms with Crippen molar-refractivity contribution in [2.45, 2.75) is 13.0 Å². The highest BCUT2D eigenvalue weighted by Gasteiger charge is 2.15. The van der Waals surface area contributed by atoms with Crippen LogP contribution in [-0.4, -0.2) is 17.0 Å². The second-order valence-corrected chi connectivity index (χ2v) is 3.93. The fourth-order valence-electron chi connectivity index (χ4n) is 1.57. The van der Waals surface area contributed by atoms with E-state index in [0.29, 0.717) is 17.7 Å². The molecule has 0 aliphatic carbocycles. The van der Waals surface area contributed by atoms with Crippen molar-refractivity contribution in [1.29, 1.82) is 0 Å². The minimum Gasteiger partial charge on any atom is -0.454 e. The molecule has 2 heterocycles. The van der Waals surface area contributed by atoms with Crippen LogP contribution in [0.2, 0.25) is 0 Å². The van der Waals surface area contributed by atoms with Gasteiger partial charge in [-0.25, -0.2) is 0 Å². The summed E-state index contributed by atoms with van der Waals surface area (Å²) in [5.74, 6) is 1.80. The highest BCUT2D eigenvalue weighted by atomic mass is 16.7. The van der Waals surface area contributed by atoms with Gasteiger partial charge in [0.15, 0.2) is 11.5 Å². The minimum atomic E-state index is -0.287. The van der Waals surface area contributed by atoms with Crippen molar-refractivity contribution >= 4 is 11.7 Å². The molecule has 3 rings (SSSR count). The van der Waals surface area contributed by atoms with E-state index in [9.17, 15) is 0 Å². The molecule has 0 saturated carbocycles. The minimum absolute atomic E-state index is 0.244. The molecule has 7 nitrogen and oxygen atoms in total. The maximum atomic E-state index is 5.63. The largest absolute Gasteiger partial charge is 0.454 e. The Morgan fingerprint density at radius 1 is 1.28 bits per heavy atom. The van der Waals surface area contributed by atoms with E-state index in [-0.39, 0.29) is 12.8 Å². The number of hydrogen-bond acceptors (Lipinski definition) is 7. The highest BCUT2D eigenvalue weighted by molar-refractivity contribution is 5.59. The first kappa shape index (κ1) is 10.8. The smallest absolute Gasteiger partial charge is 0.320 e. The Balaban J connectivity index is 1.79. The summed E-state index contributed by atoms with van der Waals surface area (Å²) in [7, 11) is 0. The summed E-state index contributed by atoms with van der Waals surface area (Å²) < 4.78 is 15.8. The first-order valence-electron chi connectivity index (χ1n) is 5.48. The molecule has 0 bridgehead atoms. The van der Waals surface area contributed by atoms with Crippen LogP contribution >= 0.6 is 0 Å². The number of nitrogens with two attached hydrogens (primary N) is 1. The van der Waals surface area contributed by atoms with Gasteiger partial charge in [-0.3, -0.25) is 0 Å². The fourth-order valence-corrected chi connectivity index (χ4v) is 1.57. The number of anilines is 2. The fraction of sp³-hybridized carbons (Fsp3) is 0.273. The Morgan fingerprint density at radius 3 is 2.89 bits per heavy atom. The third-order valence-corrected chi connectivity index (χ3v) is 2.45. The van der Waals surface area contributed by atoms with Crippen LogP contribution in [0.1, 0.15) is 18.9 Å². The second kappa shape index (κ2) is 4.19. The lowest BCUT2D eigenvalue weighted by Crippen LogP contribution is -2.04. The predicted molar refractivity (Wildman–Crippen MR) is 62.7 cm³/mol. The van der Waals surface area contributed by atoms with E-state index in [4.69, 9.17) is 19.6 Å². The molecule has 2 aromatic rings. The van der Waals surface area contributed by atoms with Gasteiger partial charge < -0.3 is 24.9 Å². The number of ether oxygens (including phenoxy) is 2. The third-order valence-electron chi connectivity index (χ3n) is 2.45. The van der Waals surface area contributed by atoms with Crippen LogP contribution in [0.25, 0.3) is 0 Å². The van der Waals surface area contributed by atoms with Crippen LogP contribution in [0, 0.1) is 0 Å². The van der Waals surface area contributed by atoms with Crippen molar-refractivity contribution in [1.82, 2.24) is 10.2 Å². The lowest BCUT2D eigenvalue weighted by Gasteiger charge is -2.02. The Labute approximate surface area is 103 Å². The lowest BCUT2D eigenvalue weighted by molar-refractivity contribution is 0.174. The average Bonchev–Trinajstić information content (AvgIpc) is 2.96. The number of rotatable bonds is 3. The van der Waals surface area contributed by atoms with Gasteiger partial charge in [0.05, 0.1) is 6.04 Å². The molecule has 1 aliphatic heterocycles. The Bertz CT molecular complexity index is 567. The zero-order valence-corrected chi connectivity index (χ0v) is 9.71. The predicted octanol–water partition coefficient (Wildman–Crippen LogP) is 1.56. The standard InChI is InChI=1S/C11H12N4O3/c1-6(12)10-14-15-11(18-10)13-7-2-3-8-9(4-7)17-5-16-8/h2-4,6H,5,12H2,1H3,(H,13,15). The van der Waals surface area contributed by atoms with Crippen LogP contribution in [0.4, 0.5) is 11.7 Å². The van der Waals surface area contributed by atoms with Crippen molar-refractivity contribution in [2.24, 2.45) is 5.73 Å². The van der Waals surface area contributed by atoms with Gasteiger partial charge in [0, 0.05) is 11.8 Å². The number of aromatic nitrogens is 2. The SMILES string of the molecule is CC(N)c1nnc(Nc2ccc3c(c2)OCO3)o1. The van der Waals surface area contributed by atoms with Gasteiger partial charge in [-0.2, -0.15) is 0 Å². The molecule has 18 heavy (non-hydrogen) atoms. The van der Waals surface area contributed by atoms with Crippen LogP contribution in [-0.2, 0) is 0 Å². The zero-order valence-electron chi connectivity index (χ0n) is 9.71. The third kappa shape index (κ3) is 1.95. The van der Waals surface area contributed by atoms with E-state index in [1.165, 1.54) is 0 Å². The average molecular weight is 248 g/mol. The molecule has 0 fully saturated rings. The Kier molecular flexibility index (Phi) is 2.52. The van der Waals surface area contributed by atoms with Gasteiger partial charge >= 0.3 is 6.01 Å². The van der Waals surface area contributed by atoms with Crippen molar-refractivity contribution < 1.29 is 13.9 Å². The van der Waals surface area contributed by atoms with E-state index in [0.717, 1.165) is 11.4 Å². The van der Waals surface area contributed by atoms with Crippen molar-refractivity contribution in [2.75, 3.05) is 12.1 Å². The summed E-state index contributed by atoms with van der Waals surface area (Å²) in [6, 6.07) is 5.46. The Morgan fingerprint density at radius 2 is 2.11 bits per heavy atom. The lowest BCUT2D eigenvalue weighted by atomic mass is 10.3. The molecule has 1 unspecified atom stereocenters. The van der Waals surface area contributed by atoms with E-state index in [1.54, 1.807) is 13.0 Å². The molecule has 1 aliphatic rings. The molecule has 1 aromatic heterocycles. The summed E-state index contributed by atoms with van der Waals surface area (Å²) in [5, 5.41) is 10.6. The van der Waals surface area contributed by atoms with E-state index in [2.05, 4.69) is 15.5 Å². The molecule has 1 atom stereocenters. The summed E-state index contributed by atoms with van der Waals surface area (Å²) >= 11 is 0. The van der Waals surface area contributed by atoms with E-state index >= 15 is 0 Å². The maximum absolute atomic E-state index is 5.63. The number of benzene rings is 1. The van der Waals surface area contributed by atoms with Crippen molar-refractivity contribution in [3.8, 4) is 11.5 Å². The first-order chi connectivity index (χ1) is 8.72. The quantitative estimate of drug-likeness (QED) is 0.850. The first-order valence-corrected chi connectivity index (χ1v) is 5.48. The van der Waals surface area contributed by atoms with Crippen LogP contribution in [0.3, 0.4) is 0 Å². The molecular weight excluding hydrogens is 236 g/mol. The maximum Gasteiger partial charge on any atom is 0.320 e. The van der Waals surface area contributed by atoms with Gasteiger partial charge in [-0.05, 0) is 19.1 Å². The van der Waals surface area contributed by atoms with Crippen LogP contribution in [0.15, 0.2) is 22.6 Å². The van der Waals surface area contributed by atoms with E-state index in [1.807, 2.05) is 12.1 Å². The van der Waals surface area contributed by atoms with Gasteiger partial charge in [0.25, 0.3) is 0 Å². The zero-order chi connectivity index (χ0) is 12.5. The van der Waals surface area contributed by atoms with Crippen LogP contribution < -0.4 is 20.5 Å². The summed E-state index contributed by atoms with van der Waals surface area (Å²) in [4.78, 5) is 0. The van der Waals surface area contributed by atoms with Crippen molar-refractivity contribution in [3.63, 3.8) is 0 Å². The molecule has 94 valence electrons. The molecule has 7 heteroatoms. The Hall–Kier alpha value is -2.28. The number of fused-ring (bicyclic) bond motifs is 1. The molecule has 0 spiro atoms. The summed E-state index contributed by atoms with van der Waals surface area (Å²) in [5.41, 5.74) is 6.41. The van der Waals surface area contributed by atoms with Gasteiger partial charge in [-0.1, -0.05) is 5.10 Å². The van der Waals surface area contributed by atoms with Gasteiger partial charge in [0.1, 0.15) is 0 Å². The number of nitrogens with zero attached hydrogens (tertiary/aromatic N) is 2. The summed E-state index contributed by atoms with van der Waals surface area (Å²) in [6.07, 6.45) is 0. The molecular formula is C11H12N4O3. The number of hydrogen-bond donors (Lipinski definition) is 2. The topological polar surface area (TPSA) is 95.4 Å². The summed E-state index contributed by atoms with van der Waals surface area (Å²) in [6.45, 7) is 2.02. The molecule has 1 aromatic carbocycles. The molecule has 0 saturated heterocycles. The number of nitrogens with one attached hydrogen (secondary N) is 1. The highest BCUT2D eigenvalue weighted by Crippen LogP contribution is 2.34. The molecule has 0 amide bonds. The van der Waals surface area contributed by atoms with Crippen molar-refractivity contribution in [3.05, 3.63) is 24.1 Å². The van der Waals surface area contributed by atoms with Gasteiger partial charge in [-0.15, -0.1) is 5.10 Å². The second-order valence-electron chi connectivity index (χ2n) is 3.93. The molecule has 3 N–H and O–H groups in total. The molecule has 0 radical (unpaired) electrons. The van der Waals surface area contributed by atoms with E-state index < -0.39 is 0 Å².